The molecule has 6 heteroatoms. The first-order valence-electron chi connectivity index (χ1n) is 3.65. The van der Waals surface area contributed by atoms with E-state index in [9.17, 15) is 4.79 Å². The van der Waals surface area contributed by atoms with Crippen LogP contribution in [-0.4, -0.2) is 26.7 Å². The van der Waals surface area contributed by atoms with Gasteiger partial charge in [-0.2, -0.15) is 4.68 Å². The number of carbonyl (C=O) groups is 1. The van der Waals surface area contributed by atoms with Gasteiger partial charge >= 0.3 is 6.09 Å². The molecule has 1 aromatic heterocycles. The fraction of sp³-hybridized carbons (Fsp3) is 0.429. The smallest absolute Gasteiger partial charge is 0.432 e. The Labute approximate surface area is 74.9 Å². The maximum atomic E-state index is 10.4. The Morgan fingerprint density at radius 1 is 1.77 bits per heavy atom. The first kappa shape index (κ1) is 9.53. The number of hydrogen-bond acceptors (Lipinski definition) is 4. The number of carboxylic acid groups (broad SMARTS) is 1. The molecular formula is C7H11N3O3. The van der Waals surface area contributed by atoms with E-state index in [0.717, 1.165) is 4.68 Å². The summed E-state index contributed by atoms with van der Waals surface area (Å²) in [6, 6.07) is 1.43. The van der Waals surface area contributed by atoms with Gasteiger partial charge in [0.15, 0.2) is 5.72 Å². The highest BCUT2D eigenvalue weighted by atomic mass is 16.5. The molecule has 0 aromatic carbocycles. The van der Waals surface area contributed by atoms with Crippen LogP contribution in [-0.2, 0) is 0 Å². The van der Waals surface area contributed by atoms with E-state index in [1.54, 1.807) is 13.8 Å². The Morgan fingerprint density at radius 2 is 2.38 bits per heavy atom. The summed E-state index contributed by atoms with van der Waals surface area (Å²) >= 11 is 0. The van der Waals surface area contributed by atoms with Gasteiger partial charge < -0.3 is 9.84 Å². The Balaban J connectivity index is 2.75. The quantitative estimate of drug-likeness (QED) is 0.654. The van der Waals surface area contributed by atoms with E-state index in [2.05, 4.69) is 5.10 Å². The molecule has 1 rings (SSSR count). The van der Waals surface area contributed by atoms with Gasteiger partial charge in [-0.05, 0) is 13.8 Å². The van der Waals surface area contributed by atoms with Crippen molar-refractivity contribution in [2.45, 2.75) is 19.6 Å². The van der Waals surface area contributed by atoms with Crippen molar-refractivity contribution in [2.24, 2.45) is 5.73 Å². The van der Waals surface area contributed by atoms with E-state index in [1.165, 1.54) is 12.3 Å². The van der Waals surface area contributed by atoms with Crippen LogP contribution in [0.5, 0.6) is 5.88 Å². The SMILES string of the molecule is CC(C)(N)Oc1ccn(C(=O)O)n1. The van der Waals surface area contributed by atoms with Gasteiger partial charge in [-0.15, -0.1) is 5.10 Å². The van der Waals surface area contributed by atoms with Crippen LogP contribution in [0.25, 0.3) is 0 Å². The summed E-state index contributed by atoms with van der Waals surface area (Å²) < 4.78 is 5.87. The lowest BCUT2D eigenvalue weighted by Crippen LogP contribution is -2.38. The van der Waals surface area contributed by atoms with Gasteiger partial charge in [-0.3, -0.25) is 5.73 Å². The lowest BCUT2D eigenvalue weighted by Gasteiger charge is -2.18. The molecule has 0 aliphatic rings. The van der Waals surface area contributed by atoms with Crippen molar-refractivity contribution in [3.63, 3.8) is 0 Å². The summed E-state index contributed by atoms with van der Waals surface area (Å²) in [7, 11) is 0. The molecule has 1 heterocycles. The van der Waals surface area contributed by atoms with E-state index in [0.29, 0.717) is 0 Å². The number of nitrogens with zero attached hydrogens (tertiary/aromatic N) is 2. The number of rotatable bonds is 2. The van der Waals surface area contributed by atoms with E-state index in [1.807, 2.05) is 0 Å². The predicted octanol–water partition coefficient (Wildman–Crippen LogP) is 0.483. The largest absolute Gasteiger partial charge is 0.463 e. The fourth-order valence-electron chi connectivity index (χ4n) is 0.738. The minimum atomic E-state index is -1.16. The normalized spacial score (nSPS) is 11.3. The zero-order chi connectivity index (χ0) is 10.1. The summed E-state index contributed by atoms with van der Waals surface area (Å²) in [5, 5.41) is 12.1. The zero-order valence-corrected chi connectivity index (χ0v) is 7.39. The first-order chi connectivity index (χ1) is 5.88. The molecule has 3 N–H and O–H groups in total. The van der Waals surface area contributed by atoms with Gasteiger partial charge in [-0.1, -0.05) is 0 Å². The lowest BCUT2D eigenvalue weighted by molar-refractivity contribution is 0.109. The molecule has 1 aromatic rings. The number of ether oxygens (including phenoxy) is 1. The van der Waals surface area contributed by atoms with Crippen molar-refractivity contribution >= 4 is 6.09 Å². The molecule has 0 aliphatic carbocycles. The van der Waals surface area contributed by atoms with Crippen molar-refractivity contribution in [2.75, 3.05) is 0 Å². The highest BCUT2D eigenvalue weighted by Gasteiger charge is 2.14. The average Bonchev–Trinajstić information content (AvgIpc) is 2.31. The van der Waals surface area contributed by atoms with E-state index < -0.39 is 11.8 Å². The van der Waals surface area contributed by atoms with Crippen molar-refractivity contribution in [3.05, 3.63) is 12.3 Å². The summed E-state index contributed by atoms with van der Waals surface area (Å²) in [5.41, 5.74) is 4.67. The molecule has 6 nitrogen and oxygen atoms in total. The van der Waals surface area contributed by atoms with Gasteiger partial charge in [0.25, 0.3) is 0 Å². The van der Waals surface area contributed by atoms with Crippen LogP contribution < -0.4 is 10.5 Å². The highest BCUT2D eigenvalue weighted by molar-refractivity contribution is 5.66. The second-order valence-corrected chi connectivity index (χ2v) is 3.09. The molecule has 0 aliphatic heterocycles. The van der Waals surface area contributed by atoms with E-state index in [-0.39, 0.29) is 5.88 Å². The van der Waals surface area contributed by atoms with Crippen LogP contribution >= 0.6 is 0 Å². The number of nitrogens with two attached hydrogens (primary N) is 1. The predicted molar refractivity (Wildman–Crippen MR) is 44.5 cm³/mol. The third kappa shape index (κ3) is 2.75. The minimum Gasteiger partial charge on any atom is -0.463 e. The third-order valence-electron chi connectivity index (χ3n) is 1.13. The standard InChI is InChI=1S/C7H11N3O3/c1-7(2,8)13-5-3-4-10(9-5)6(11)12/h3-4H,8H2,1-2H3,(H,11,12). The second kappa shape index (κ2) is 3.06. The monoisotopic (exact) mass is 185 g/mol. The van der Waals surface area contributed by atoms with Crippen LogP contribution in [0, 0.1) is 0 Å². The Morgan fingerprint density at radius 3 is 2.77 bits per heavy atom. The van der Waals surface area contributed by atoms with Crippen molar-refractivity contribution in [1.29, 1.82) is 0 Å². The van der Waals surface area contributed by atoms with Crippen LogP contribution in [0.2, 0.25) is 0 Å². The van der Waals surface area contributed by atoms with Crippen molar-refractivity contribution in [3.8, 4) is 5.88 Å². The van der Waals surface area contributed by atoms with Gasteiger partial charge in [0.05, 0.1) is 0 Å². The summed E-state index contributed by atoms with van der Waals surface area (Å²) in [6.07, 6.45) is 0.119. The fourth-order valence-corrected chi connectivity index (χ4v) is 0.738. The van der Waals surface area contributed by atoms with Crippen LogP contribution in [0.4, 0.5) is 4.79 Å². The second-order valence-electron chi connectivity index (χ2n) is 3.09. The Kier molecular flexibility index (Phi) is 2.24. The summed E-state index contributed by atoms with van der Waals surface area (Å²) in [4.78, 5) is 10.4. The minimum absolute atomic E-state index is 0.190. The van der Waals surface area contributed by atoms with Crippen LogP contribution in [0.1, 0.15) is 13.8 Å². The van der Waals surface area contributed by atoms with Crippen LogP contribution in [0.15, 0.2) is 12.3 Å². The van der Waals surface area contributed by atoms with Crippen molar-refractivity contribution < 1.29 is 14.6 Å². The highest BCUT2D eigenvalue weighted by Crippen LogP contribution is 2.10. The van der Waals surface area contributed by atoms with E-state index in [4.69, 9.17) is 15.6 Å². The molecule has 72 valence electrons. The molecule has 0 spiro atoms. The van der Waals surface area contributed by atoms with Crippen molar-refractivity contribution in [1.82, 2.24) is 9.78 Å². The zero-order valence-electron chi connectivity index (χ0n) is 7.39. The number of aromatic nitrogens is 2. The lowest BCUT2D eigenvalue weighted by atomic mass is 10.3. The average molecular weight is 185 g/mol. The molecule has 0 fully saturated rings. The number of hydrogen-bond donors (Lipinski definition) is 2. The van der Waals surface area contributed by atoms with Gasteiger partial charge in [0.2, 0.25) is 5.88 Å². The molecule has 0 saturated heterocycles. The third-order valence-corrected chi connectivity index (χ3v) is 1.13. The molecule has 0 atom stereocenters. The topological polar surface area (TPSA) is 90.4 Å². The van der Waals surface area contributed by atoms with Crippen LogP contribution in [0.3, 0.4) is 0 Å². The van der Waals surface area contributed by atoms with Gasteiger partial charge in [0, 0.05) is 12.3 Å². The molecule has 0 radical (unpaired) electrons. The molecule has 0 unspecified atom stereocenters. The van der Waals surface area contributed by atoms with Gasteiger partial charge in [-0.25, -0.2) is 4.79 Å². The molecule has 13 heavy (non-hydrogen) atoms. The maximum Gasteiger partial charge on any atom is 0.432 e. The molecule has 0 amide bonds. The summed E-state index contributed by atoms with van der Waals surface area (Å²) in [6.45, 7) is 3.29. The van der Waals surface area contributed by atoms with E-state index >= 15 is 0 Å². The Hall–Kier alpha value is -1.56. The maximum absolute atomic E-state index is 10.4. The Bertz CT molecular complexity index is 313. The molecular weight excluding hydrogens is 174 g/mol. The summed E-state index contributed by atoms with van der Waals surface area (Å²) in [5.74, 6) is 0.190. The first-order valence-corrected chi connectivity index (χ1v) is 3.65. The van der Waals surface area contributed by atoms with Gasteiger partial charge in [0.1, 0.15) is 0 Å². The molecule has 0 bridgehead atoms. The molecule has 0 saturated carbocycles.